The number of carbonyl (C=O) groups is 1. The summed E-state index contributed by atoms with van der Waals surface area (Å²) in [4.78, 5) is 16.4. The molecule has 25 heavy (non-hydrogen) atoms. The molecule has 0 spiro atoms. The van der Waals surface area contributed by atoms with Crippen LogP contribution in [-0.4, -0.2) is 18.1 Å². The lowest BCUT2D eigenvalue weighted by Gasteiger charge is -2.13. The minimum atomic E-state index is -0.440. The number of nitrogens with zero attached hydrogens (tertiary/aromatic N) is 1. The van der Waals surface area contributed by atoms with Crippen LogP contribution in [0.4, 0.5) is 11.4 Å². The van der Waals surface area contributed by atoms with Crippen molar-refractivity contribution < 1.29 is 9.53 Å². The molecule has 1 aromatic heterocycles. The summed E-state index contributed by atoms with van der Waals surface area (Å²) in [6.45, 7) is 6.25. The van der Waals surface area contributed by atoms with Gasteiger partial charge in [-0.1, -0.05) is 19.1 Å². The minimum absolute atomic E-state index is 0.297. The van der Waals surface area contributed by atoms with Crippen molar-refractivity contribution in [2.24, 2.45) is 0 Å². The minimum Gasteiger partial charge on any atom is -0.464 e. The highest BCUT2D eigenvalue weighted by Gasteiger charge is 2.13. The number of fused-ring (bicyclic) bond motifs is 1. The second-order valence-electron chi connectivity index (χ2n) is 6.25. The standard InChI is InChI=1S/C21H22N2O2/c1-5-15-6-7-18-17(11-15)19(12-20(23-18)21(24)25-4)22-16-9-13(2)8-14(3)10-16/h6-12H,5H2,1-4H3,(H,22,23). The molecule has 0 atom stereocenters. The third-order valence-corrected chi connectivity index (χ3v) is 4.18. The first-order chi connectivity index (χ1) is 12.0. The Balaban J connectivity index is 2.16. The molecule has 128 valence electrons. The highest BCUT2D eigenvalue weighted by Crippen LogP contribution is 2.29. The van der Waals surface area contributed by atoms with Crippen LogP contribution in [0.2, 0.25) is 0 Å². The van der Waals surface area contributed by atoms with Gasteiger partial charge in [-0.15, -0.1) is 0 Å². The van der Waals surface area contributed by atoms with Crippen molar-refractivity contribution in [1.29, 1.82) is 0 Å². The van der Waals surface area contributed by atoms with Crippen LogP contribution in [0.5, 0.6) is 0 Å². The topological polar surface area (TPSA) is 51.2 Å². The van der Waals surface area contributed by atoms with Crippen LogP contribution < -0.4 is 5.32 Å². The second kappa shape index (κ2) is 6.93. The Morgan fingerprint density at radius 1 is 1.08 bits per heavy atom. The number of carbonyl (C=O) groups excluding carboxylic acids is 1. The molecular weight excluding hydrogens is 312 g/mol. The molecule has 4 heteroatoms. The number of hydrogen-bond acceptors (Lipinski definition) is 4. The number of esters is 1. The lowest BCUT2D eigenvalue weighted by molar-refractivity contribution is 0.0594. The maximum absolute atomic E-state index is 12.0. The number of ether oxygens (including phenoxy) is 1. The van der Waals surface area contributed by atoms with Crippen LogP contribution in [0.15, 0.2) is 42.5 Å². The molecule has 0 radical (unpaired) electrons. The lowest BCUT2D eigenvalue weighted by atomic mass is 10.1. The van der Waals surface area contributed by atoms with E-state index in [9.17, 15) is 4.79 Å². The van der Waals surface area contributed by atoms with Crippen molar-refractivity contribution in [1.82, 2.24) is 4.98 Å². The van der Waals surface area contributed by atoms with Gasteiger partial charge in [-0.05, 0) is 67.3 Å². The summed E-state index contributed by atoms with van der Waals surface area (Å²) in [5, 5.41) is 4.44. The molecule has 0 fully saturated rings. The van der Waals surface area contributed by atoms with Crippen molar-refractivity contribution in [3.63, 3.8) is 0 Å². The molecule has 0 saturated heterocycles. The monoisotopic (exact) mass is 334 g/mol. The number of anilines is 2. The fourth-order valence-electron chi connectivity index (χ4n) is 3.01. The third-order valence-electron chi connectivity index (χ3n) is 4.18. The van der Waals surface area contributed by atoms with E-state index in [1.807, 2.05) is 12.1 Å². The Labute approximate surface area is 147 Å². The number of methoxy groups -OCH3 is 1. The zero-order valence-electron chi connectivity index (χ0n) is 15.0. The highest BCUT2D eigenvalue weighted by atomic mass is 16.5. The summed E-state index contributed by atoms with van der Waals surface area (Å²) >= 11 is 0. The van der Waals surface area contributed by atoms with Gasteiger partial charge in [0.15, 0.2) is 5.69 Å². The van der Waals surface area contributed by atoms with E-state index < -0.39 is 5.97 Å². The maximum atomic E-state index is 12.0. The van der Waals surface area contributed by atoms with Crippen LogP contribution in [0, 0.1) is 13.8 Å². The Kier molecular flexibility index (Phi) is 4.70. The van der Waals surface area contributed by atoms with Gasteiger partial charge in [0.25, 0.3) is 0 Å². The summed E-state index contributed by atoms with van der Waals surface area (Å²) in [6.07, 6.45) is 0.942. The summed E-state index contributed by atoms with van der Waals surface area (Å²) < 4.78 is 4.84. The molecule has 0 aliphatic rings. The zero-order chi connectivity index (χ0) is 18.0. The van der Waals surface area contributed by atoms with Gasteiger partial charge in [0.2, 0.25) is 0 Å². The maximum Gasteiger partial charge on any atom is 0.356 e. The Morgan fingerprint density at radius 2 is 1.80 bits per heavy atom. The zero-order valence-corrected chi connectivity index (χ0v) is 15.0. The predicted octanol–water partition coefficient (Wildman–Crippen LogP) is 4.94. The van der Waals surface area contributed by atoms with Crippen LogP contribution in [0.3, 0.4) is 0 Å². The van der Waals surface area contributed by atoms with Crippen LogP contribution >= 0.6 is 0 Å². The number of nitrogens with one attached hydrogen (secondary N) is 1. The highest BCUT2D eigenvalue weighted by molar-refractivity contribution is 5.99. The average molecular weight is 334 g/mol. The van der Waals surface area contributed by atoms with Crippen molar-refractivity contribution in [3.05, 3.63) is 64.8 Å². The van der Waals surface area contributed by atoms with Crippen LogP contribution in [0.25, 0.3) is 10.9 Å². The molecule has 0 aliphatic heterocycles. The SMILES string of the molecule is CCc1ccc2nc(C(=O)OC)cc(Nc3cc(C)cc(C)c3)c2c1. The van der Waals surface area contributed by atoms with E-state index in [4.69, 9.17) is 4.74 Å². The normalized spacial score (nSPS) is 10.7. The lowest BCUT2D eigenvalue weighted by Crippen LogP contribution is -2.06. The Morgan fingerprint density at radius 3 is 2.44 bits per heavy atom. The van der Waals surface area contributed by atoms with Crippen LogP contribution in [-0.2, 0) is 11.2 Å². The molecule has 0 unspecified atom stereocenters. The smallest absolute Gasteiger partial charge is 0.356 e. The quantitative estimate of drug-likeness (QED) is 0.686. The van der Waals surface area contributed by atoms with Gasteiger partial charge in [0.1, 0.15) is 0 Å². The number of benzene rings is 2. The number of aromatic nitrogens is 1. The molecule has 1 N–H and O–H groups in total. The van der Waals surface area contributed by atoms with E-state index in [2.05, 4.69) is 55.3 Å². The molecule has 3 rings (SSSR count). The largest absolute Gasteiger partial charge is 0.464 e. The van der Waals surface area contributed by atoms with Gasteiger partial charge in [-0.2, -0.15) is 0 Å². The molecule has 2 aromatic carbocycles. The fourth-order valence-corrected chi connectivity index (χ4v) is 3.01. The molecule has 0 amide bonds. The van der Waals surface area contributed by atoms with Crippen molar-refractivity contribution in [3.8, 4) is 0 Å². The van der Waals surface area contributed by atoms with E-state index in [0.29, 0.717) is 5.69 Å². The molecule has 0 aliphatic carbocycles. The van der Waals surface area contributed by atoms with E-state index in [0.717, 1.165) is 28.7 Å². The summed E-state index contributed by atoms with van der Waals surface area (Å²) in [5.41, 5.74) is 6.50. The summed E-state index contributed by atoms with van der Waals surface area (Å²) in [6, 6.07) is 14.2. The van der Waals surface area contributed by atoms with Gasteiger partial charge < -0.3 is 10.1 Å². The molecule has 3 aromatic rings. The number of hydrogen-bond donors (Lipinski definition) is 1. The fraction of sp³-hybridized carbons (Fsp3) is 0.238. The van der Waals surface area contributed by atoms with Crippen molar-refractivity contribution in [2.45, 2.75) is 27.2 Å². The Hall–Kier alpha value is -2.88. The van der Waals surface area contributed by atoms with E-state index in [-0.39, 0.29) is 0 Å². The summed E-state index contributed by atoms with van der Waals surface area (Å²) in [5.74, 6) is -0.440. The number of rotatable bonds is 4. The first-order valence-corrected chi connectivity index (χ1v) is 8.37. The first-order valence-electron chi connectivity index (χ1n) is 8.37. The van der Waals surface area contributed by atoms with Crippen molar-refractivity contribution >= 4 is 28.2 Å². The van der Waals surface area contributed by atoms with E-state index in [1.54, 1.807) is 6.07 Å². The van der Waals surface area contributed by atoms with E-state index >= 15 is 0 Å². The first kappa shape index (κ1) is 17.0. The van der Waals surface area contributed by atoms with Gasteiger partial charge >= 0.3 is 5.97 Å². The predicted molar refractivity (Wildman–Crippen MR) is 102 cm³/mol. The van der Waals surface area contributed by atoms with Gasteiger partial charge in [0.05, 0.1) is 18.3 Å². The van der Waals surface area contributed by atoms with Crippen LogP contribution in [0.1, 0.15) is 34.1 Å². The molecule has 1 heterocycles. The molecule has 0 saturated carbocycles. The molecular formula is C21H22N2O2. The number of aryl methyl sites for hydroxylation is 3. The number of pyridine rings is 1. The average Bonchev–Trinajstić information content (AvgIpc) is 2.59. The second-order valence-corrected chi connectivity index (χ2v) is 6.25. The Bertz CT molecular complexity index is 928. The van der Waals surface area contributed by atoms with Crippen molar-refractivity contribution in [2.75, 3.05) is 12.4 Å². The third kappa shape index (κ3) is 3.63. The van der Waals surface area contributed by atoms with Gasteiger partial charge in [0, 0.05) is 11.1 Å². The molecule has 4 nitrogen and oxygen atoms in total. The van der Waals surface area contributed by atoms with Gasteiger partial charge in [-0.25, -0.2) is 9.78 Å². The summed E-state index contributed by atoms with van der Waals surface area (Å²) in [7, 11) is 1.37. The molecule has 0 bridgehead atoms. The van der Waals surface area contributed by atoms with E-state index in [1.165, 1.54) is 23.8 Å². The van der Waals surface area contributed by atoms with Gasteiger partial charge in [-0.3, -0.25) is 0 Å².